The Morgan fingerprint density at radius 2 is 1.79 bits per heavy atom. The summed E-state index contributed by atoms with van der Waals surface area (Å²) in [6.45, 7) is 4.74. The minimum atomic E-state index is -0.0483. The van der Waals surface area contributed by atoms with E-state index < -0.39 is 0 Å². The highest BCUT2D eigenvalue weighted by molar-refractivity contribution is 5.03. The largest absolute Gasteiger partial charge is 0.377 e. The molecule has 0 aromatic heterocycles. The van der Waals surface area contributed by atoms with Gasteiger partial charge < -0.3 is 14.8 Å². The van der Waals surface area contributed by atoms with E-state index in [1.807, 2.05) is 0 Å². The van der Waals surface area contributed by atoms with E-state index >= 15 is 0 Å². The predicted octanol–water partition coefficient (Wildman–Crippen LogP) is -0.155. The van der Waals surface area contributed by atoms with Crippen molar-refractivity contribution in [2.75, 3.05) is 32.9 Å². The molecule has 3 fully saturated rings. The smallest absolute Gasteiger partial charge is 0.122 e. The fourth-order valence-electron chi connectivity index (χ4n) is 2.69. The zero-order valence-corrected chi connectivity index (χ0v) is 8.47. The molecule has 3 saturated heterocycles. The topological polar surface area (TPSA) is 42.5 Å². The number of ether oxygens (including phenoxy) is 2. The van der Waals surface area contributed by atoms with Crippen LogP contribution in [0.15, 0.2) is 0 Å². The molecule has 3 heterocycles. The van der Waals surface area contributed by atoms with Crippen molar-refractivity contribution in [2.45, 2.75) is 30.5 Å². The summed E-state index contributed by atoms with van der Waals surface area (Å²) in [6, 6.07) is 0. The molecule has 0 bridgehead atoms. The van der Waals surface area contributed by atoms with Crippen LogP contribution in [0, 0.1) is 0 Å². The van der Waals surface area contributed by atoms with Gasteiger partial charge in [-0.05, 0) is 19.5 Å². The van der Waals surface area contributed by atoms with E-state index in [-0.39, 0.29) is 11.3 Å². The Hall–Kier alpha value is -0.160. The van der Waals surface area contributed by atoms with Crippen molar-refractivity contribution < 1.29 is 9.47 Å². The van der Waals surface area contributed by atoms with Gasteiger partial charge >= 0.3 is 0 Å². The van der Waals surface area contributed by atoms with E-state index in [2.05, 4.69) is 10.6 Å². The summed E-state index contributed by atoms with van der Waals surface area (Å²) in [5, 5.41) is 7.06. The summed E-state index contributed by atoms with van der Waals surface area (Å²) < 4.78 is 11.2. The Labute approximate surface area is 84.3 Å². The first-order valence-corrected chi connectivity index (χ1v) is 5.55. The van der Waals surface area contributed by atoms with Gasteiger partial charge in [-0.25, -0.2) is 0 Å². The van der Waals surface area contributed by atoms with Gasteiger partial charge in [-0.2, -0.15) is 0 Å². The molecular weight excluding hydrogens is 180 g/mol. The van der Waals surface area contributed by atoms with Gasteiger partial charge in [0.15, 0.2) is 0 Å². The van der Waals surface area contributed by atoms with Crippen molar-refractivity contribution >= 4 is 0 Å². The summed E-state index contributed by atoms with van der Waals surface area (Å²) in [7, 11) is 0. The number of piperidine rings is 1. The summed E-state index contributed by atoms with van der Waals surface area (Å²) in [6.07, 6.45) is 3.26. The Morgan fingerprint density at radius 3 is 2.43 bits per heavy atom. The van der Waals surface area contributed by atoms with Gasteiger partial charge in [-0.1, -0.05) is 0 Å². The quantitative estimate of drug-likeness (QED) is 0.568. The third-order valence-corrected chi connectivity index (χ3v) is 3.62. The molecule has 4 nitrogen and oxygen atoms in total. The summed E-state index contributed by atoms with van der Waals surface area (Å²) in [4.78, 5) is 0. The van der Waals surface area contributed by atoms with E-state index in [1.165, 1.54) is 0 Å². The summed E-state index contributed by atoms with van der Waals surface area (Å²) >= 11 is 0. The number of hydrogen-bond acceptors (Lipinski definition) is 4. The predicted molar refractivity (Wildman–Crippen MR) is 52.1 cm³/mol. The Balaban J connectivity index is 1.73. The molecule has 0 unspecified atom stereocenters. The molecule has 0 aromatic rings. The lowest BCUT2D eigenvalue weighted by Gasteiger charge is -2.54. The second-order valence-corrected chi connectivity index (χ2v) is 4.74. The third-order valence-electron chi connectivity index (χ3n) is 3.62. The minimum absolute atomic E-state index is 0.0483. The van der Waals surface area contributed by atoms with E-state index in [0.717, 1.165) is 52.2 Å². The maximum Gasteiger partial charge on any atom is 0.122 e. The molecular formula is C10H18N2O2. The molecule has 3 aliphatic heterocycles. The van der Waals surface area contributed by atoms with Crippen molar-refractivity contribution in [3.05, 3.63) is 0 Å². The molecule has 0 aliphatic carbocycles. The van der Waals surface area contributed by atoms with E-state index in [0.29, 0.717) is 0 Å². The van der Waals surface area contributed by atoms with Gasteiger partial charge in [0.1, 0.15) is 5.72 Å². The highest BCUT2D eigenvalue weighted by Crippen LogP contribution is 2.33. The van der Waals surface area contributed by atoms with E-state index in [1.54, 1.807) is 0 Å². The van der Waals surface area contributed by atoms with Crippen LogP contribution >= 0.6 is 0 Å². The third kappa shape index (κ3) is 1.37. The molecule has 14 heavy (non-hydrogen) atoms. The van der Waals surface area contributed by atoms with E-state index in [4.69, 9.17) is 9.47 Å². The van der Waals surface area contributed by atoms with Crippen LogP contribution < -0.4 is 10.6 Å². The first-order valence-electron chi connectivity index (χ1n) is 5.55. The second-order valence-electron chi connectivity index (χ2n) is 4.74. The molecule has 3 aliphatic rings. The first kappa shape index (κ1) is 9.09. The molecule has 2 N–H and O–H groups in total. The van der Waals surface area contributed by atoms with Crippen molar-refractivity contribution in [1.82, 2.24) is 10.6 Å². The fraction of sp³-hybridized carbons (Fsp3) is 1.00. The lowest BCUT2D eigenvalue weighted by Crippen LogP contribution is -2.73. The van der Waals surface area contributed by atoms with Crippen molar-refractivity contribution in [3.63, 3.8) is 0 Å². The molecule has 0 radical (unpaired) electrons. The molecule has 0 saturated carbocycles. The molecule has 0 atom stereocenters. The van der Waals surface area contributed by atoms with Crippen LogP contribution in [0.25, 0.3) is 0 Å². The first-order chi connectivity index (χ1) is 6.83. The Bertz CT molecular complexity index is 217. The summed E-state index contributed by atoms with van der Waals surface area (Å²) in [5.41, 5.74) is 0.197. The lowest BCUT2D eigenvalue weighted by molar-refractivity contribution is -0.204. The van der Waals surface area contributed by atoms with Crippen LogP contribution in [0.1, 0.15) is 19.3 Å². The van der Waals surface area contributed by atoms with Gasteiger partial charge in [0.05, 0.1) is 25.4 Å². The normalized spacial score (nSPS) is 34.3. The average molecular weight is 198 g/mol. The van der Waals surface area contributed by atoms with Crippen LogP contribution in [0.4, 0.5) is 0 Å². The van der Waals surface area contributed by atoms with Crippen molar-refractivity contribution in [2.24, 2.45) is 0 Å². The van der Waals surface area contributed by atoms with E-state index in [9.17, 15) is 0 Å². The highest BCUT2D eigenvalue weighted by Gasteiger charge is 2.49. The fourth-order valence-corrected chi connectivity index (χ4v) is 2.69. The molecule has 0 aromatic carbocycles. The number of nitrogens with one attached hydrogen (secondary N) is 2. The van der Waals surface area contributed by atoms with Crippen LogP contribution in [0.5, 0.6) is 0 Å². The van der Waals surface area contributed by atoms with Gasteiger partial charge in [0, 0.05) is 12.8 Å². The molecule has 2 spiro atoms. The minimum Gasteiger partial charge on any atom is -0.377 e. The van der Waals surface area contributed by atoms with Crippen LogP contribution in [-0.2, 0) is 9.47 Å². The number of hydrogen-bond donors (Lipinski definition) is 2. The number of rotatable bonds is 0. The SMILES string of the molecule is C1CC2(CCN1)NC1(CCO2)COC1. The maximum absolute atomic E-state index is 5.93. The summed E-state index contributed by atoms with van der Waals surface area (Å²) in [5.74, 6) is 0. The second kappa shape index (κ2) is 3.17. The van der Waals surface area contributed by atoms with Gasteiger partial charge in [0.25, 0.3) is 0 Å². The van der Waals surface area contributed by atoms with Gasteiger partial charge in [-0.3, -0.25) is 5.32 Å². The zero-order valence-electron chi connectivity index (χ0n) is 8.47. The van der Waals surface area contributed by atoms with Crippen LogP contribution in [0.2, 0.25) is 0 Å². The maximum atomic E-state index is 5.93. The Morgan fingerprint density at radius 1 is 1.00 bits per heavy atom. The van der Waals surface area contributed by atoms with Gasteiger partial charge in [0.2, 0.25) is 0 Å². The monoisotopic (exact) mass is 198 g/mol. The van der Waals surface area contributed by atoms with Crippen LogP contribution in [0.3, 0.4) is 0 Å². The molecule has 0 amide bonds. The average Bonchev–Trinajstić information content (AvgIpc) is 2.17. The highest BCUT2D eigenvalue weighted by atomic mass is 16.5. The zero-order chi connectivity index (χ0) is 9.49. The van der Waals surface area contributed by atoms with Crippen molar-refractivity contribution in [1.29, 1.82) is 0 Å². The molecule has 80 valence electrons. The standard InChI is InChI=1S/C10H18N2O2/c1-4-11-5-2-10(1)12-9(3-6-14-10)7-13-8-9/h11-12H,1-8H2. The van der Waals surface area contributed by atoms with Crippen molar-refractivity contribution in [3.8, 4) is 0 Å². The molecule has 3 rings (SSSR count). The molecule has 4 heteroatoms. The van der Waals surface area contributed by atoms with Gasteiger partial charge in [-0.15, -0.1) is 0 Å². The van der Waals surface area contributed by atoms with Crippen LogP contribution in [-0.4, -0.2) is 44.2 Å². The lowest BCUT2D eigenvalue weighted by atomic mass is 9.87. The Kier molecular flexibility index (Phi) is 2.06.